The van der Waals surface area contributed by atoms with Crippen molar-refractivity contribution in [2.75, 3.05) is 0 Å². The molecule has 0 aliphatic carbocycles. The number of aryl methyl sites for hydroxylation is 1. The first-order valence-corrected chi connectivity index (χ1v) is 6.51. The Hall–Kier alpha value is -2.88. The molecule has 0 aliphatic rings. The molecule has 1 N–H and O–H groups in total. The molecule has 0 aliphatic heterocycles. The molecule has 1 aromatic heterocycles. The minimum absolute atomic E-state index is 0.223. The van der Waals surface area contributed by atoms with Gasteiger partial charge in [-0.05, 0) is 19.1 Å². The summed E-state index contributed by atoms with van der Waals surface area (Å²) in [6, 6.07) is 16.4. The topological polar surface area (TPSA) is 63.3 Å². The predicted molar refractivity (Wildman–Crippen MR) is 79.1 cm³/mol. The molecule has 0 bridgehead atoms. The minimum atomic E-state index is -0.963. The first-order valence-electron chi connectivity index (χ1n) is 6.51. The number of aromatic carboxylic acids is 1. The lowest BCUT2D eigenvalue weighted by Gasteiger charge is -1.97. The van der Waals surface area contributed by atoms with E-state index in [0.29, 0.717) is 11.3 Å². The van der Waals surface area contributed by atoms with Gasteiger partial charge in [0.2, 0.25) is 0 Å². The van der Waals surface area contributed by atoms with Crippen LogP contribution in [0, 0.1) is 6.92 Å². The Labute approximate surface area is 121 Å². The Bertz CT molecular complexity index is 788. The number of carbonyl (C=O) groups is 1. The summed E-state index contributed by atoms with van der Waals surface area (Å²) < 4.78 is 5.33. The summed E-state index contributed by atoms with van der Waals surface area (Å²) in [6.45, 7) is 2.02. The van der Waals surface area contributed by atoms with Crippen LogP contribution < -0.4 is 0 Å². The van der Waals surface area contributed by atoms with Gasteiger partial charge in [-0.3, -0.25) is 0 Å². The molecule has 1 heterocycles. The van der Waals surface area contributed by atoms with E-state index in [4.69, 9.17) is 9.63 Å². The van der Waals surface area contributed by atoms with Crippen LogP contribution in [0.2, 0.25) is 0 Å². The third kappa shape index (κ3) is 2.69. The number of nitrogens with zero attached hydrogens (tertiary/aromatic N) is 1. The van der Waals surface area contributed by atoms with E-state index in [-0.39, 0.29) is 5.56 Å². The molecular weight excluding hydrogens is 266 g/mol. The third-order valence-electron chi connectivity index (χ3n) is 3.25. The van der Waals surface area contributed by atoms with Crippen molar-refractivity contribution < 1.29 is 14.4 Å². The van der Waals surface area contributed by atoms with E-state index in [1.165, 1.54) is 5.56 Å². The molecule has 0 fully saturated rings. The van der Waals surface area contributed by atoms with Gasteiger partial charge in [0.15, 0.2) is 5.76 Å². The summed E-state index contributed by atoms with van der Waals surface area (Å²) in [5, 5.41) is 13.1. The van der Waals surface area contributed by atoms with Crippen LogP contribution in [0.15, 0.2) is 59.1 Å². The molecule has 3 rings (SSSR count). The highest BCUT2D eigenvalue weighted by molar-refractivity contribution is 5.89. The van der Waals surface area contributed by atoms with Gasteiger partial charge < -0.3 is 9.63 Å². The van der Waals surface area contributed by atoms with Crippen molar-refractivity contribution in [3.63, 3.8) is 0 Å². The molecule has 4 heteroatoms. The van der Waals surface area contributed by atoms with Gasteiger partial charge in [0, 0.05) is 17.2 Å². The second kappa shape index (κ2) is 5.25. The van der Waals surface area contributed by atoms with Crippen LogP contribution in [0.5, 0.6) is 0 Å². The molecule has 0 radical (unpaired) electrons. The fraction of sp³-hybridized carbons (Fsp3) is 0.0588. The van der Waals surface area contributed by atoms with Gasteiger partial charge in [0.1, 0.15) is 5.69 Å². The monoisotopic (exact) mass is 279 g/mol. The Morgan fingerprint density at radius 1 is 1.05 bits per heavy atom. The van der Waals surface area contributed by atoms with Crippen LogP contribution in [0.25, 0.3) is 22.6 Å². The second-order valence-corrected chi connectivity index (χ2v) is 4.83. The molecule has 3 aromatic rings. The number of aromatic nitrogens is 1. The largest absolute Gasteiger partial charge is 0.478 e. The molecule has 0 spiro atoms. The summed E-state index contributed by atoms with van der Waals surface area (Å²) in [4.78, 5) is 11.0. The van der Waals surface area contributed by atoms with E-state index in [0.717, 1.165) is 11.3 Å². The van der Waals surface area contributed by atoms with Gasteiger partial charge in [-0.2, -0.15) is 0 Å². The maximum Gasteiger partial charge on any atom is 0.335 e. The van der Waals surface area contributed by atoms with Crippen molar-refractivity contribution in [1.82, 2.24) is 5.16 Å². The highest BCUT2D eigenvalue weighted by Crippen LogP contribution is 2.26. The zero-order valence-electron chi connectivity index (χ0n) is 11.4. The fourth-order valence-corrected chi connectivity index (χ4v) is 2.08. The van der Waals surface area contributed by atoms with Gasteiger partial charge in [0.05, 0.1) is 5.56 Å². The van der Waals surface area contributed by atoms with Crippen molar-refractivity contribution in [3.05, 3.63) is 65.7 Å². The van der Waals surface area contributed by atoms with E-state index in [2.05, 4.69) is 5.16 Å². The number of carboxylic acids is 1. The summed E-state index contributed by atoms with van der Waals surface area (Å²) in [5.74, 6) is -0.413. The maximum absolute atomic E-state index is 11.0. The van der Waals surface area contributed by atoms with Gasteiger partial charge >= 0.3 is 5.97 Å². The normalized spacial score (nSPS) is 10.5. The zero-order chi connectivity index (χ0) is 14.8. The Morgan fingerprint density at radius 2 is 1.81 bits per heavy atom. The van der Waals surface area contributed by atoms with Crippen molar-refractivity contribution in [2.45, 2.75) is 6.92 Å². The molecule has 0 saturated carbocycles. The molecule has 2 aromatic carbocycles. The predicted octanol–water partition coefficient (Wildman–Crippen LogP) is 4.02. The van der Waals surface area contributed by atoms with E-state index in [1.54, 1.807) is 24.3 Å². The molecule has 104 valence electrons. The Balaban J connectivity index is 1.96. The van der Waals surface area contributed by atoms with Gasteiger partial charge in [-0.25, -0.2) is 4.79 Å². The summed E-state index contributed by atoms with van der Waals surface area (Å²) in [5.41, 5.74) is 3.79. The second-order valence-electron chi connectivity index (χ2n) is 4.83. The van der Waals surface area contributed by atoms with Gasteiger partial charge in [0.25, 0.3) is 0 Å². The van der Waals surface area contributed by atoms with E-state index in [1.807, 2.05) is 37.3 Å². The summed E-state index contributed by atoms with van der Waals surface area (Å²) in [6.07, 6.45) is 0. The minimum Gasteiger partial charge on any atom is -0.478 e. The number of hydrogen-bond acceptors (Lipinski definition) is 3. The van der Waals surface area contributed by atoms with Crippen molar-refractivity contribution in [2.24, 2.45) is 0 Å². The van der Waals surface area contributed by atoms with Crippen LogP contribution in [0.3, 0.4) is 0 Å². The molecule has 21 heavy (non-hydrogen) atoms. The average molecular weight is 279 g/mol. The lowest BCUT2D eigenvalue weighted by Crippen LogP contribution is -1.95. The lowest BCUT2D eigenvalue weighted by atomic mass is 10.1. The number of rotatable bonds is 3. The Kier molecular flexibility index (Phi) is 3.28. The highest BCUT2D eigenvalue weighted by atomic mass is 16.5. The van der Waals surface area contributed by atoms with Crippen molar-refractivity contribution >= 4 is 5.97 Å². The maximum atomic E-state index is 11.0. The lowest BCUT2D eigenvalue weighted by molar-refractivity contribution is 0.0697. The van der Waals surface area contributed by atoms with Crippen molar-refractivity contribution in [1.29, 1.82) is 0 Å². The highest BCUT2D eigenvalue weighted by Gasteiger charge is 2.10. The molecule has 0 amide bonds. The summed E-state index contributed by atoms with van der Waals surface area (Å²) in [7, 11) is 0. The first-order chi connectivity index (χ1) is 10.1. The number of hydrogen-bond donors (Lipinski definition) is 1. The smallest absolute Gasteiger partial charge is 0.335 e. The SMILES string of the molecule is Cc1ccc(-c2cc(-c3cccc(C(=O)O)c3)on2)cc1. The molecule has 4 nitrogen and oxygen atoms in total. The fourth-order valence-electron chi connectivity index (χ4n) is 2.08. The Morgan fingerprint density at radius 3 is 2.52 bits per heavy atom. The standard InChI is InChI=1S/C17H13NO3/c1-11-5-7-12(8-6-11)15-10-16(21-18-15)13-3-2-4-14(9-13)17(19)20/h2-10H,1H3,(H,19,20). The van der Waals surface area contributed by atoms with Crippen LogP contribution in [-0.2, 0) is 0 Å². The van der Waals surface area contributed by atoms with Gasteiger partial charge in [-0.1, -0.05) is 47.1 Å². The van der Waals surface area contributed by atoms with Crippen molar-refractivity contribution in [3.8, 4) is 22.6 Å². The summed E-state index contributed by atoms with van der Waals surface area (Å²) >= 11 is 0. The average Bonchev–Trinajstić information content (AvgIpc) is 2.98. The number of carboxylic acid groups (broad SMARTS) is 1. The molecule has 0 saturated heterocycles. The van der Waals surface area contributed by atoms with E-state index in [9.17, 15) is 4.79 Å². The molecular formula is C17H13NO3. The quantitative estimate of drug-likeness (QED) is 0.786. The molecule has 0 unspecified atom stereocenters. The van der Waals surface area contributed by atoms with Gasteiger partial charge in [-0.15, -0.1) is 0 Å². The molecule has 0 atom stereocenters. The number of benzene rings is 2. The van der Waals surface area contributed by atoms with E-state index < -0.39 is 5.97 Å². The van der Waals surface area contributed by atoms with Crippen LogP contribution >= 0.6 is 0 Å². The first kappa shape index (κ1) is 13.1. The third-order valence-corrected chi connectivity index (χ3v) is 3.25. The van der Waals surface area contributed by atoms with Crippen LogP contribution in [0.1, 0.15) is 15.9 Å². The van der Waals surface area contributed by atoms with Crippen LogP contribution in [0.4, 0.5) is 0 Å². The zero-order valence-corrected chi connectivity index (χ0v) is 11.4. The van der Waals surface area contributed by atoms with E-state index >= 15 is 0 Å². The van der Waals surface area contributed by atoms with Crippen LogP contribution in [-0.4, -0.2) is 16.2 Å².